The number of benzene rings is 1. The largest absolute Gasteiger partial charge is 0.350 e. The van der Waals surface area contributed by atoms with Crippen molar-refractivity contribution in [2.45, 2.75) is 45.7 Å². The van der Waals surface area contributed by atoms with Crippen LogP contribution in [-0.4, -0.2) is 32.2 Å². The number of rotatable bonds is 5. The molecule has 1 amide bonds. The molecule has 0 aliphatic carbocycles. The van der Waals surface area contributed by atoms with Gasteiger partial charge in [0.15, 0.2) is 0 Å². The van der Waals surface area contributed by atoms with Crippen molar-refractivity contribution in [1.82, 2.24) is 5.32 Å². The summed E-state index contributed by atoms with van der Waals surface area (Å²) >= 11 is 0. The molecule has 124 valence electrons. The van der Waals surface area contributed by atoms with Crippen LogP contribution in [0.1, 0.15) is 34.1 Å². The van der Waals surface area contributed by atoms with Gasteiger partial charge in [0.05, 0.1) is 11.9 Å². The fourth-order valence-electron chi connectivity index (χ4n) is 2.10. The zero-order valence-corrected chi connectivity index (χ0v) is 14.4. The predicted molar refractivity (Wildman–Crippen MR) is 85.7 cm³/mol. The minimum Gasteiger partial charge on any atom is -0.350 e. The normalized spacial score (nSPS) is 13.5. The molecule has 0 aliphatic heterocycles. The van der Waals surface area contributed by atoms with Crippen molar-refractivity contribution in [3.8, 4) is 0 Å². The fourth-order valence-corrected chi connectivity index (χ4v) is 3.31. The summed E-state index contributed by atoms with van der Waals surface area (Å²) in [7, 11) is -3.69. The second-order valence-electron chi connectivity index (χ2n) is 6.20. The Morgan fingerprint density at radius 1 is 1.27 bits per heavy atom. The smallest absolute Gasteiger partial charge is 0.244 e. The van der Waals surface area contributed by atoms with Crippen LogP contribution in [0.4, 0.5) is 10.1 Å². The van der Waals surface area contributed by atoms with E-state index in [0.717, 1.165) is 10.6 Å². The number of nitrogens with one attached hydrogen (secondary N) is 1. The molecule has 0 aromatic heterocycles. The van der Waals surface area contributed by atoms with Gasteiger partial charge < -0.3 is 5.32 Å². The summed E-state index contributed by atoms with van der Waals surface area (Å²) in [6.07, 6.45) is 1.33. The maximum atomic E-state index is 13.1. The summed E-state index contributed by atoms with van der Waals surface area (Å²) in [5, 5.41) is 2.78. The highest BCUT2D eigenvalue weighted by atomic mass is 32.2. The molecule has 0 aliphatic rings. The Balaban J connectivity index is 3.25. The predicted octanol–water partition coefficient (Wildman–Crippen LogP) is 2.29. The molecule has 0 fully saturated rings. The van der Waals surface area contributed by atoms with Gasteiger partial charge in [-0.1, -0.05) is 6.92 Å². The summed E-state index contributed by atoms with van der Waals surface area (Å²) < 4.78 is 38.4. The molecule has 0 saturated heterocycles. The molecule has 7 heteroatoms. The third-order valence-corrected chi connectivity index (χ3v) is 4.09. The van der Waals surface area contributed by atoms with Crippen LogP contribution < -0.4 is 9.62 Å². The average molecular weight is 330 g/mol. The van der Waals surface area contributed by atoms with E-state index in [-0.39, 0.29) is 11.6 Å². The number of nitrogens with zero attached hydrogens (tertiary/aromatic N) is 1. The lowest BCUT2D eigenvalue weighted by molar-refractivity contribution is -0.123. The summed E-state index contributed by atoms with van der Waals surface area (Å²) in [4.78, 5) is 12.4. The van der Waals surface area contributed by atoms with Crippen LogP contribution in [0.2, 0.25) is 0 Å². The van der Waals surface area contributed by atoms with Crippen molar-refractivity contribution in [3.05, 3.63) is 30.1 Å². The van der Waals surface area contributed by atoms with Gasteiger partial charge >= 0.3 is 0 Å². The van der Waals surface area contributed by atoms with Crippen LogP contribution in [0.25, 0.3) is 0 Å². The molecule has 1 N–H and O–H groups in total. The molecule has 1 aromatic rings. The molecular weight excluding hydrogens is 307 g/mol. The second-order valence-corrected chi connectivity index (χ2v) is 8.06. The molecule has 0 heterocycles. The topological polar surface area (TPSA) is 66.5 Å². The van der Waals surface area contributed by atoms with E-state index in [1.165, 1.54) is 24.3 Å². The first-order valence-electron chi connectivity index (χ1n) is 7.02. The number of sulfonamides is 1. The van der Waals surface area contributed by atoms with Crippen LogP contribution in [-0.2, 0) is 14.8 Å². The van der Waals surface area contributed by atoms with Gasteiger partial charge in [-0.15, -0.1) is 0 Å². The highest BCUT2D eigenvalue weighted by Gasteiger charge is 2.32. The monoisotopic (exact) mass is 330 g/mol. The van der Waals surface area contributed by atoms with E-state index < -0.39 is 27.4 Å². The van der Waals surface area contributed by atoms with Crippen LogP contribution in [0.3, 0.4) is 0 Å². The standard InChI is InChI=1S/C15H23FN2O3S/c1-6-13(14(19)17-15(2,3)4)18(22(5,20)21)12-9-7-11(16)8-10-12/h7-10,13H,6H2,1-5H3,(H,17,19)/t13-/m0/s1. The van der Waals surface area contributed by atoms with Crippen LogP contribution >= 0.6 is 0 Å². The number of halogens is 1. The molecule has 0 unspecified atom stereocenters. The Hall–Kier alpha value is -1.63. The number of hydrogen-bond donors (Lipinski definition) is 1. The zero-order valence-electron chi connectivity index (χ0n) is 13.6. The third kappa shape index (κ3) is 4.98. The molecule has 0 saturated carbocycles. The van der Waals surface area contributed by atoms with Gasteiger partial charge in [-0.05, 0) is 51.5 Å². The van der Waals surface area contributed by atoms with Crippen molar-refractivity contribution in [3.63, 3.8) is 0 Å². The van der Waals surface area contributed by atoms with Gasteiger partial charge in [-0.2, -0.15) is 0 Å². The van der Waals surface area contributed by atoms with Crippen molar-refractivity contribution < 1.29 is 17.6 Å². The summed E-state index contributed by atoms with van der Waals surface area (Å²) in [5.74, 6) is -0.853. The Morgan fingerprint density at radius 2 is 1.77 bits per heavy atom. The van der Waals surface area contributed by atoms with Crippen LogP contribution in [0, 0.1) is 5.82 Å². The number of carbonyl (C=O) groups excluding carboxylic acids is 1. The zero-order chi connectivity index (χ0) is 17.1. The number of anilines is 1. The Labute approximate surface area is 131 Å². The maximum Gasteiger partial charge on any atom is 0.244 e. The van der Waals surface area contributed by atoms with Gasteiger partial charge in [0.1, 0.15) is 11.9 Å². The van der Waals surface area contributed by atoms with Crippen molar-refractivity contribution >= 4 is 21.6 Å². The lowest BCUT2D eigenvalue weighted by atomic mass is 10.1. The minimum absolute atomic E-state index is 0.264. The van der Waals surface area contributed by atoms with E-state index in [2.05, 4.69) is 5.32 Å². The SMILES string of the molecule is CC[C@@H](C(=O)NC(C)(C)C)N(c1ccc(F)cc1)S(C)(=O)=O. The molecule has 0 radical (unpaired) electrons. The van der Waals surface area contributed by atoms with E-state index in [1.807, 2.05) is 20.8 Å². The fraction of sp³-hybridized carbons (Fsp3) is 0.533. The first kappa shape index (κ1) is 18.4. The maximum absolute atomic E-state index is 13.1. The highest BCUT2D eigenvalue weighted by molar-refractivity contribution is 7.92. The average Bonchev–Trinajstić information content (AvgIpc) is 2.33. The van der Waals surface area contributed by atoms with E-state index in [0.29, 0.717) is 6.42 Å². The molecule has 0 bridgehead atoms. The first-order valence-corrected chi connectivity index (χ1v) is 8.87. The molecule has 22 heavy (non-hydrogen) atoms. The molecular formula is C15H23FN2O3S. The molecule has 1 atom stereocenters. The van der Waals surface area contributed by atoms with E-state index in [1.54, 1.807) is 6.92 Å². The molecule has 5 nitrogen and oxygen atoms in total. The number of amides is 1. The van der Waals surface area contributed by atoms with Gasteiger partial charge in [-0.25, -0.2) is 12.8 Å². The van der Waals surface area contributed by atoms with Crippen molar-refractivity contribution in [1.29, 1.82) is 0 Å². The molecule has 1 rings (SSSR count). The van der Waals surface area contributed by atoms with E-state index in [9.17, 15) is 17.6 Å². The summed E-state index contributed by atoms with van der Waals surface area (Å²) in [5.41, 5.74) is -0.212. The Bertz CT molecular complexity index is 621. The van der Waals surface area contributed by atoms with Gasteiger partial charge in [-0.3, -0.25) is 9.10 Å². The quantitative estimate of drug-likeness (QED) is 0.901. The Morgan fingerprint density at radius 3 is 2.14 bits per heavy atom. The van der Waals surface area contributed by atoms with Crippen molar-refractivity contribution in [2.75, 3.05) is 10.6 Å². The first-order chi connectivity index (χ1) is 9.95. The van der Waals surface area contributed by atoms with Gasteiger partial charge in [0, 0.05) is 5.54 Å². The Kier molecular flexibility index (Phi) is 5.56. The number of carbonyl (C=O) groups is 1. The third-order valence-electron chi connectivity index (χ3n) is 2.91. The number of hydrogen-bond acceptors (Lipinski definition) is 3. The van der Waals surface area contributed by atoms with Crippen LogP contribution in [0.15, 0.2) is 24.3 Å². The molecule has 0 spiro atoms. The summed E-state index contributed by atoms with van der Waals surface area (Å²) in [6, 6.07) is 4.15. The summed E-state index contributed by atoms with van der Waals surface area (Å²) in [6.45, 7) is 7.19. The lowest BCUT2D eigenvalue weighted by Crippen LogP contribution is -2.53. The lowest BCUT2D eigenvalue weighted by Gasteiger charge is -2.32. The van der Waals surface area contributed by atoms with Gasteiger partial charge in [0.25, 0.3) is 0 Å². The van der Waals surface area contributed by atoms with Gasteiger partial charge in [0.2, 0.25) is 15.9 Å². The van der Waals surface area contributed by atoms with Crippen LogP contribution in [0.5, 0.6) is 0 Å². The molecule has 1 aromatic carbocycles. The van der Waals surface area contributed by atoms with Crippen molar-refractivity contribution in [2.24, 2.45) is 0 Å². The highest BCUT2D eigenvalue weighted by Crippen LogP contribution is 2.23. The van der Waals surface area contributed by atoms with E-state index >= 15 is 0 Å². The second kappa shape index (κ2) is 6.64. The minimum atomic E-state index is -3.69. The van der Waals surface area contributed by atoms with E-state index in [4.69, 9.17) is 0 Å².